The van der Waals surface area contributed by atoms with Gasteiger partial charge in [0, 0.05) is 0 Å². The lowest BCUT2D eigenvalue weighted by Crippen LogP contribution is -2.39. The fourth-order valence-electron chi connectivity index (χ4n) is 1.97. The zero-order valence-electron chi connectivity index (χ0n) is 10.6. The molecular formula is C15H15NO3. The number of benzene rings is 2. The monoisotopic (exact) mass is 257 g/mol. The summed E-state index contributed by atoms with van der Waals surface area (Å²) in [7, 11) is 0. The van der Waals surface area contributed by atoms with Crippen molar-refractivity contribution in [3.63, 3.8) is 0 Å². The number of hydrogen-bond acceptors (Lipinski definition) is 2. The van der Waals surface area contributed by atoms with Gasteiger partial charge in [-0.3, -0.25) is 9.59 Å². The van der Waals surface area contributed by atoms with Crippen LogP contribution in [0.15, 0.2) is 42.5 Å². The molecule has 4 nitrogen and oxygen atoms in total. The molecule has 0 aliphatic rings. The zero-order valence-corrected chi connectivity index (χ0v) is 10.6. The number of hydrogen-bond donors (Lipinski definition) is 2. The van der Waals surface area contributed by atoms with Gasteiger partial charge in [-0.1, -0.05) is 42.5 Å². The maximum Gasteiger partial charge on any atom is 0.325 e. The first-order valence-corrected chi connectivity index (χ1v) is 6.07. The smallest absolute Gasteiger partial charge is 0.325 e. The quantitative estimate of drug-likeness (QED) is 0.880. The molecule has 4 heteroatoms. The lowest BCUT2D eigenvalue weighted by molar-refractivity contribution is -0.141. The van der Waals surface area contributed by atoms with Crippen molar-refractivity contribution in [1.82, 2.24) is 5.32 Å². The molecule has 0 aliphatic carbocycles. The standard InChI is InChI=1S/C15H15NO3/c1-10(15(18)19)16-14(17)9-12-7-4-6-11-5-2-3-8-13(11)12/h2-8,10H,9H2,1H3,(H,16,17)(H,18,19)/t10-/m0/s1. The third-order valence-electron chi connectivity index (χ3n) is 2.98. The van der Waals surface area contributed by atoms with Gasteiger partial charge in [0.05, 0.1) is 6.42 Å². The van der Waals surface area contributed by atoms with E-state index in [9.17, 15) is 9.59 Å². The molecule has 1 atom stereocenters. The Hall–Kier alpha value is -2.36. The maximum atomic E-state index is 11.8. The molecule has 2 aromatic carbocycles. The highest BCUT2D eigenvalue weighted by atomic mass is 16.4. The molecule has 1 amide bonds. The van der Waals surface area contributed by atoms with E-state index in [2.05, 4.69) is 5.32 Å². The van der Waals surface area contributed by atoms with Gasteiger partial charge < -0.3 is 10.4 Å². The summed E-state index contributed by atoms with van der Waals surface area (Å²) in [6, 6.07) is 12.7. The highest BCUT2D eigenvalue weighted by molar-refractivity contribution is 5.91. The molecular weight excluding hydrogens is 242 g/mol. The molecule has 0 aliphatic heterocycles. The van der Waals surface area contributed by atoms with E-state index < -0.39 is 12.0 Å². The number of carboxylic acids is 1. The van der Waals surface area contributed by atoms with Crippen molar-refractivity contribution in [3.05, 3.63) is 48.0 Å². The second kappa shape index (κ2) is 5.52. The first-order chi connectivity index (χ1) is 9.08. The summed E-state index contributed by atoms with van der Waals surface area (Å²) in [6.45, 7) is 1.45. The Morgan fingerprint density at radius 2 is 1.84 bits per heavy atom. The van der Waals surface area contributed by atoms with Crippen molar-refractivity contribution < 1.29 is 14.7 Å². The van der Waals surface area contributed by atoms with E-state index in [0.717, 1.165) is 16.3 Å². The van der Waals surface area contributed by atoms with Crippen molar-refractivity contribution in [2.24, 2.45) is 0 Å². The van der Waals surface area contributed by atoms with Crippen LogP contribution in [-0.4, -0.2) is 23.0 Å². The zero-order chi connectivity index (χ0) is 13.8. The SMILES string of the molecule is C[C@H](NC(=O)Cc1cccc2ccccc12)C(=O)O. The molecule has 19 heavy (non-hydrogen) atoms. The van der Waals surface area contributed by atoms with Crippen molar-refractivity contribution in [2.45, 2.75) is 19.4 Å². The van der Waals surface area contributed by atoms with Crippen LogP contribution in [0.4, 0.5) is 0 Å². The third kappa shape index (κ3) is 3.10. The van der Waals surface area contributed by atoms with Crippen LogP contribution >= 0.6 is 0 Å². The molecule has 0 spiro atoms. The Morgan fingerprint density at radius 3 is 2.58 bits per heavy atom. The van der Waals surface area contributed by atoms with Crippen LogP contribution in [0, 0.1) is 0 Å². The van der Waals surface area contributed by atoms with E-state index in [0.29, 0.717) is 0 Å². The average molecular weight is 257 g/mol. The van der Waals surface area contributed by atoms with Gasteiger partial charge in [-0.2, -0.15) is 0 Å². The van der Waals surface area contributed by atoms with Gasteiger partial charge >= 0.3 is 5.97 Å². The largest absolute Gasteiger partial charge is 0.480 e. The summed E-state index contributed by atoms with van der Waals surface area (Å²) in [5.41, 5.74) is 0.896. The van der Waals surface area contributed by atoms with Crippen molar-refractivity contribution >= 4 is 22.6 Å². The van der Waals surface area contributed by atoms with Gasteiger partial charge in [0.1, 0.15) is 6.04 Å². The Balaban J connectivity index is 2.17. The third-order valence-corrected chi connectivity index (χ3v) is 2.98. The first-order valence-electron chi connectivity index (χ1n) is 6.07. The molecule has 0 unspecified atom stereocenters. The fraction of sp³-hybridized carbons (Fsp3) is 0.200. The predicted molar refractivity (Wildman–Crippen MR) is 72.9 cm³/mol. The molecule has 0 saturated carbocycles. The van der Waals surface area contributed by atoms with Crippen LogP contribution in [0.25, 0.3) is 10.8 Å². The van der Waals surface area contributed by atoms with Gasteiger partial charge in [-0.15, -0.1) is 0 Å². The Bertz CT molecular complexity index is 616. The highest BCUT2D eigenvalue weighted by Gasteiger charge is 2.14. The van der Waals surface area contributed by atoms with Crippen molar-refractivity contribution in [1.29, 1.82) is 0 Å². The summed E-state index contributed by atoms with van der Waals surface area (Å²) in [5, 5.41) is 13.3. The highest BCUT2D eigenvalue weighted by Crippen LogP contribution is 2.18. The van der Waals surface area contributed by atoms with Crippen LogP contribution in [0.5, 0.6) is 0 Å². The lowest BCUT2D eigenvalue weighted by Gasteiger charge is -2.10. The molecule has 0 heterocycles. The minimum Gasteiger partial charge on any atom is -0.480 e. The van der Waals surface area contributed by atoms with Gasteiger partial charge in [0.15, 0.2) is 0 Å². The fourth-order valence-corrected chi connectivity index (χ4v) is 1.97. The van der Waals surface area contributed by atoms with E-state index in [4.69, 9.17) is 5.11 Å². The summed E-state index contributed by atoms with van der Waals surface area (Å²) in [5.74, 6) is -1.32. The molecule has 0 radical (unpaired) electrons. The second-order valence-electron chi connectivity index (χ2n) is 4.44. The van der Waals surface area contributed by atoms with E-state index in [-0.39, 0.29) is 12.3 Å². The van der Waals surface area contributed by atoms with E-state index in [1.165, 1.54) is 6.92 Å². The Labute approximate surface area is 111 Å². The maximum absolute atomic E-state index is 11.8. The Morgan fingerprint density at radius 1 is 1.16 bits per heavy atom. The molecule has 2 rings (SSSR count). The number of nitrogens with one attached hydrogen (secondary N) is 1. The second-order valence-corrected chi connectivity index (χ2v) is 4.44. The molecule has 0 fully saturated rings. The Kier molecular flexibility index (Phi) is 3.80. The minimum atomic E-state index is -1.04. The normalized spacial score (nSPS) is 12.1. The van der Waals surface area contributed by atoms with Crippen LogP contribution in [-0.2, 0) is 16.0 Å². The molecule has 2 N–H and O–H groups in total. The summed E-state index contributed by atoms with van der Waals surface area (Å²) < 4.78 is 0. The topological polar surface area (TPSA) is 66.4 Å². The summed E-state index contributed by atoms with van der Waals surface area (Å²) in [4.78, 5) is 22.5. The average Bonchev–Trinajstić information content (AvgIpc) is 2.39. The molecule has 98 valence electrons. The number of aliphatic carboxylic acids is 1. The number of rotatable bonds is 4. The molecule has 0 bridgehead atoms. The number of carbonyl (C=O) groups is 2. The van der Waals surface area contributed by atoms with Crippen molar-refractivity contribution in [3.8, 4) is 0 Å². The summed E-state index contributed by atoms with van der Waals surface area (Å²) in [6.07, 6.45) is 0.180. The molecule has 2 aromatic rings. The minimum absolute atomic E-state index is 0.180. The number of amides is 1. The van der Waals surface area contributed by atoms with Gasteiger partial charge in [0.2, 0.25) is 5.91 Å². The van der Waals surface area contributed by atoms with Gasteiger partial charge in [-0.25, -0.2) is 0 Å². The number of carbonyl (C=O) groups excluding carboxylic acids is 1. The van der Waals surface area contributed by atoms with Crippen LogP contribution in [0.2, 0.25) is 0 Å². The van der Waals surface area contributed by atoms with E-state index >= 15 is 0 Å². The lowest BCUT2D eigenvalue weighted by atomic mass is 10.0. The number of fused-ring (bicyclic) bond motifs is 1. The molecule has 0 saturated heterocycles. The van der Waals surface area contributed by atoms with Crippen LogP contribution < -0.4 is 5.32 Å². The van der Waals surface area contributed by atoms with Crippen LogP contribution in [0.3, 0.4) is 0 Å². The number of carboxylic acid groups (broad SMARTS) is 1. The van der Waals surface area contributed by atoms with E-state index in [1.807, 2.05) is 42.5 Å². The summed E-state index contributed by atoms with van der Waals surface area (Å²) >= 11 is 0. The van der Waals surface area contributed by atoms with E-state index in [1.54, 1.807) is 0 Å². The van der Waals surface area contributed by atoms with Crippen LogP contribution in [0.1, 0.15) is 12.5 Å². The van der Waals surface area contributed by atoms with Gasteiger partial charge in [-0.05, 0) is 23.3 Å². The molecule has 0 aromatic heterocycles. The van der Waals surface area contributed by atoms with Crippen molar-refractivity contribution in [2.75, 3.05) is 0 Å². The predicted octanol–water partition coefficient (Wildman–Crippen LogP) is 1.97. The van der Waals surface area contributed by atoms with Gasteiger partial charge in [0.25, 0.3) is 0 Å². The first kappa shape index (κ1) is 13.1.